The SMILES string of the molecule is COc1cccc(C2CCN(CC3CCN(C(=O)/C=C/c4ccc(Cl)c(Cl)c4)CC3)CC2)c1. The monoisotopic (exact) mass is 486 g/mol. The van der Waals surface area contributed by atoms with E-state index in [0.717, 1.165) is 56.9 Å². The van der Waals surface area contributed by atoms with Gasteiger partial charge in [0.15, 0.2) is 0 Å². The topological polar surface area (TPSA) is 32.8 Å². The van der Waals surface area contributed by atoms with Crippen LogP contribution in [0, 0.1) is 5.92 Å². The van der Waals surface area contributed by atoms with E-state index in [9.17, 15) is 4.79 Å². The first-order chi connectivity index (χ1) is 16.0. The van der Waals surface area contributed by atoms with Gasteiger partial charge in [-0.1, -0.05) is 41.4 Å². The average molecular weight is 487 g/mol. The van der Waals surface area contributed by atoms with E-state index < -0.39 is 0 Å². The molecule has 0 saturated carbocycles. The van der Waals surface area contributed by atoms with Crippen LogP contribution in [-0.2, 0) is 4.79 Å². The van der Waals surface area contributed by atoms with Crippen LogP contribution in [0.4, 0.5) is 0 Å². The van der Waals surface area contributed by atoms with Crippen molar-refractivity contribution in [3.63, 3.8) is 0 Å². The second kappa shape index (κ2) is 11.4. The molecule has 2 aliphatic heterocycles. The average Bonchev–Trinajstić information content (AvgIpc) is 2.85. The predicted octanol–water partition coefficient (Wildman–Crippen LogP) is 6.13. The summed E-state index contributed by atoms with van der Waals surface area (Å²) in [5.74, 6) is 2.31. The van der Waals surface area contributed by atoms with Crippen molar-refractivity contribution in [2.75, 3.05) is 39.8 Å². The molecule has 0 atom stereocenters. The van der Waals surface area contributed by atoms with Gasteiger partial charge in [-0.05, 0) is 92.1 Å². The number of piperidine rings is 2. The maximum absolute atomic E-state index is 12.6. The lowest BCUT2D eigenvalue weighted by Crippen LogP contribution is -2.42. The van der Waals surface area contributed by atoms with Crippen molar-refractivity contribution in [2.24, 2.45) is 5.92 Å². The van der Waals surface area contributed by atoms with Crippen LogP contribution in [0.1, 0.15) is 42.7 Å². The van der Waals surface area contributed by atoms with E-state index in [-0.39, 0.29) is 5.91 Å². The second-order valence-electron chi connectivity index (χ2n) is 9.13. The Labute approximate surface area is 207 Å². The Hall–Kier alpha value is -2.01. The number of benzene rings is 2. The number of carbonyl (C=O) groups is 1. The van der Waals surface area contributed by atoms with Crippen LogP contribution < -0.4 is 4.74 Å². The van der Waals surface area contributed by atoms with Crippen molar-refractivity contribution in [1.82, 2.24) is 9.80 Å². The van der Waals surface area contributed by atoms with Gasteiger partial charge in [0, 0.05) is 25.7 Å². The number of carbonyl (C=O) groups excluding carboxylic acids is 1. The molecule has 4 nitrogen and oxygen atoms in total. The first kappa shape index (κ1) is 24.1. The minimum Gasteiger partial charge on any atom is -0.497 e. The van der Waals surface area contributed by atoms with E-state index >= 15 is 0 Å². The third-order valence-corrected chi connectivity index (χ3v) is 7.70. The summed E-state index contributed by atoms with van der Waals surface area (Å²) in [6.45, 7) is 5.10. The zero-order valence-electron chi connectivity index (χ0n) is 19.2. The molecule has 33 heavy (non-hydrogen) atoms. The van der Waals surface area contributed by atoms with Crippen LogP contribution >= 0.6 is 23.2 Å². The molecule has 0 spiro atoms. The van der Waals surface area contributed by atoms with Crippen molar-refractivity contribution >= 4 is 35.2 Å². The van der Waals surface area contributed by atoms with Crippen molar-refractivity contribution in [3.8, 4) is 5.75 Å². The molecule has 2 heterocycles. The molecule has 0 radical (unpaired) electrons. The molecule has 1 amide bonds. The smallest absolute Gasteiger partial charge is 0.246 e. The molecule has 6 heteroatoms. The van der Waals surface area contributed by atoms with Gasteiger partial charge in [0.25, 0.3) is 0 Å². The third-order valence-electron chi connectivity index (χ3n) is 6.96. The summed E-state index contributed by atoms with van der Waals surface area (Å²) in [6, 6.07) is 13.9. The number of rotatable bonds is 6. The van der Waals surface area contributed by atoms with Gasteiger partial charge < -0.3 is 14.5 Å². The summed E-state index contributed by atoms with van der Waals surface area (Å²) >= 11 is 12.0. The Morgan fingerprint density at radius 1 is 1.00 bits per heavy atom. The molecule has 176 valence electrons. The number of likely N-dealkylation sites (tertiary alicyclic amines) is 2. The van der Waals surface area contributed by atoms with Crippen LogP contribution in [0.2, 0.25) is 10.0 Å². The van der Waals surface area contributed by atoms with Crippen LogP contribution in [0.5, 0.6) is 5.75 Å². The van der Waals surface area contributed by atoms with Gasteiger partial charge in [0.1, 0.15) is 5.75 Å². The van der Waals surface area contributed by atoms with E-state index in [1.54, 1.807) is 25.3 Å². The highest BCUT2D eigenvalue weighted by Crippen LogP contribution is 2.31. The van der Waals surface area contributed by atoms with Crippen LogP contribution in [-0.4, -0.2) is 55.5 Å². The van der Waals surface area contributed by atoms with Gasteiger partial charge in [-0.3, -0.25) is 4.79 Å². The molecule has 0 aliphatic carbocycles. The lowest BCUT2D eigenvalue weighted by Gasteiger charge is -2.37. The summed E-state index contributed by atoms with van der Waals surface area (Å²) in [5, 5.41) is 1.02. The zero-order chi connectivity index (χ0) is 23.2. The van der Waals surface area contributed by atoms with Crippen molar-refractivity contribution in [2.45, 2.75) is 31.6 Å². The fraction of sp³-hybridized carbons (Fsp3) is 0.444. The number of hydrogen-bond acceptors (Lipinski definition) is 3. The summed E-state index contributed by atoms with van der Waals surface area (Å²) in [6.07, 6.45) is 7.99. The molecule has 0 N–H and O–H groups in total. The van der Waals surface area contributed by atoms with E-state index in [1.165, 1.54) is 18.4 Å². The van der Waals surface area contributed by atoms with Crippen molar-refractivity contribution in [3.05, 3.63) is 69.7 Å². The highest BCUT2D eigenvalue weighted by molar-refractivity contribution is 6.42. The maximum Gasteiger partial charge on any atom is 0.246 e. The Morgan fingerprint density at radius 3 is 2.45 bits per heavy atom. The lowest BCUT2D eigenvalue weighted by atomic mass is 9.88. The Balaban J connectivity index is 1.20. The van der Waals surface area contributed by atoms with Gasteiger partial charge >= 0.3 is 0 Å². The van der Waals surface area contributed by atoms with Crippen LogP contribution in [0.25, 0.3) is 6.08 Å². The number of methoxy groups -OCH3 is 1. The molecule has 0 aromatic heterocycles. The highest BCUT2D eigenvalue weighted by Gasteiger charge is 2.26. The number of ether oxygens (including phenoxy) is 1. The van der Waals surface area contributed by atoms with Crippen molar-refractivity contribution in [1.29, 1.82) is 0 Å². The number of amides is 1. The molecule has 2 fully saturated rings. The lowest BCUT2D eigenvalue weighted by molar-refractivity contribution is -0.127. The minimum absolute atomic E-state index is 0.0682. The van der Waals surface area contributed by atoms with Gasteiger partial charge in [-0.25, -0.2) is 0 Å². The molecule has 2 aromatic rings. The van der Waals surface area contributed by atoms with Crippen molar-refractivity contribution < 1.29 is 9.53 Å². The Morgan fingerprint density at radius 2 is 1.76 bits per heavy atom. The Kier molecular flexibility index (Phi) is 8.34. The maximum atomic E-state index is 12.6. The van der Waals surface area contributed by atoms with Gasteiger partial charge in [-0.15, -0.1) is 0 Å². The normalized spacial score (nSPS) is 18.7. The zero-order valence-corrected chi connectivity index (χ0v) is 20.7. The summed E-state index contributed by atoms with van der Waals surface area (Å²) in [5.41, 5.74) is 2.28. The molecular weight excluding hydrogens is 455 g/mol. The molecular formula is C27H32Cl2N2O2. The first-order valence-corrected chi connectivity index (χ1v) is 12.6. The van der Waals surface area contributed by atoms with E-state index in [4.69, 9.17) is 27.9 Å². The standard InChI is InChI=1S/C27H32Cl2N2O2/c1-33-24-4-2-3-23(18-24)22-11-13-30(14-12-22)19-21-9-15-31(16-10-21)27(32)8-6-20-5-7-25(28)26(29)17-20/h2-8,17-18,21-22H,9-16,19H2,1H3/b8-6+. The molecule has 2 aliphatic rings. The summed E-state index contributed by atoms with van der Waals surface area (Å²) in [7, 11) is 1.73. The van der Waals surface area contributed by atoms with Crippen LogP contribution in [0.3, 0.4) is 0 Å². The fourth-order valence-electron chi connectivity index (χ4n) is 4.93. The second-order valence-corrected chi connectivity index (χ2v) is 9.94. The molecule has 0 unspecified atom stereocenters. The van der Waals surface area contributed by atoms with E-state index in [0.29, 0.717) is 21.9 Å². The Bertz CT molecular complexity index is 978. The molecule has 0 bridgehead atoms. The van der Waals surface area contributed by atoms with Gasteiger partial charge in [0.05, 0.1) is 17.2 Å². The fourth-order valence-corrected chi connectivity index (χ4v) is 5.24. The van der Waals surface area contributed by atoms with E-state index in [2.05, 4.69) is 23.1 Å². The summed E-state index contributed by atoms with van der Waals surface area (Å²) < 4.78 is 5.39. The number of halogens is 2. The quantitative estimate of drug-likeness (QED) is 0.460. The third kappa shape index (κ3) is 6.53. The van der Waals surface area contributed by atoms with E-state index in [1.807, 2.05) is 23.1 Å². The highest BCUT2D eigenvalue weighted by atomic mass is 35.5. The van der Waals surface area contributed by atoms with Gasteiger partial charge in [0.2, 0.25) is 5.91 Å². The minimum atomic E-state index is 0.0682. The largest absolute Gasteiger partial charge is 0.497 e. The van der Waals surface area contributed by atoms with Crippen LogP contribution in [0.15, 0.2) is 48.5 Å². The number of hydrogen-bond donors (Lipinski definition) is 0. The molecule has 2 saturated heterocycles. The summed E-state index contributed by atoms with van der Waals surface area (Å²) in [4.78, 5) is 17.2. The van der Waals surface area contributed by atoms with Gasteiger partial charge in [-0.2, -0.15) is 0 Å². The molecule has 4 rings (SSSR count). The number of nitrogens with zero attached hydrogens (tertiary/aromatic N) is 2. The predicted molar refractivity (Wildman–Crippen MR) is 136 cm³/mol. The molecule has 2 aromatic carbocycles. The first-order valence-electron chi connectivity index (χ1n) is 11.8.